The van der Waals surface area contributed by atoms with Crippen molar-refractivity contribution in [2.45, 2.75) is 19.3 Å². The van der Waals surface area contributed by atoms with Gasteiger partial charge in [0.05, 0.1) is 11.6 Å². The van der Waals surface area contributed by atoms with Crippen LogP contribution in [-0.4, -0.2) is 76.0 Å². The highest BCUT2D eigenvalue weighted by Gasteiger charge is 2.26. The highest BCUT2D eigenvalue weighted by atomic mass is 35.5. The van der Waals surface area contributed by atoms with Crippen molar-refractivity contribution in [2.24, 2.45) is 0 Å². The average Bonchev–Trinajstić information content (AvgIpc) is 2.82. The van der Waals surface area contributed by atoms with Crippen molar-refractivity contribution in [3.8, 4) is 17.4 Å². The van der Waals surface area contributed by atoms with Gasteiger partial charge in [0.25, 0.3) is 0 Å². The van der Waals surface area contributed by atoms with Crippen LogP contribution in [0.25, 0.3) is 0 Å². The van der Waals surface area contributed by atoms with Crippen molar-refractivity contribution < 1.29 is 37.3 Å². The molecule has 2 N–H and O–H groups in total. The van der Waals surface area contributed by atoms with Crippen LogP contribution in [0.4, 0.5) is 4.79 Å². The van der Waals surface area contributed by atoms with Gasteiger partial charge in [-0.2, -0.15) is 17.4 Å². The van der Waals surface area contributed by atoms with Gasteiger partial charge in [-0.3, -0.25) is 0 Å². The van der Waals surface area contributed by atoms with Crippen molar-refractivity contribution in [1.29, 1.82) is 0 Å². The molecule has 1 amide bonds. The Bertz CT molecular complexity index is 1100. The lowest BCUT2D eigenvalue weighted by Gasteiger charge is -2.20. The van der Waals surface area contributed by atoms with Crippen LogP contribution in [0.5, 0.6) is 17.4 Å². The molecule has 0 radical (unpaired) electrons. The number of carbonyl (C=O) groups is 1. The van der Waals surface area contributed by atoms with Crippen molar-refractivity contribution in [3.05, 3.63) is 46.1 Å². The summed E-state index contributed by atoms with van der Waals surface area (Å²) in [4.78, 5) is 15.7. The van der Waals surface area contributed by atoms with E-state index >= 15 is 0 Å². The van der Waals surface area contributed by atoms with Crippen molar-refractivity contribution in [2.75, 3.05) is 47.1 Å². The number of methoxy groups -OCH3 is 2. The van der Waals surface area contributed by atoms with Gasteiger partial charge in [0.2, 0.25) is 5.88 Å². The molecule has 0 atom stereocenters. The van der Waals surface area contributed by atoms with Crippen LogP contribution in [-0.2, 0) is 26.1 Å². The van der Waals surface area contributed by atoms with Crippen LogP contribution in [0.1, 0.15) is 18.4 Å². The molecule has 0 aliphatic carbocycles. The Labute approximate surface area is 220 Å². The molecule has 0 aliphatic heterocycles. The molecule has 0 fully saturated rings. The zero-order chi connectivity index (χ0) is 26.6. The van der Waals surface area contributed by atoms with E-state index in [1.165, 1.54) is 19.4 Å². The van der Waals surface area contributed by atoms with Crippen LogP contribution in [0.2, 0.25) is 10.0 Å². The molecule has 2 rings (SSSR count). The van der Waals surface area contributed by atoms with Gasteiger partial charge in [-0.05, 0) is 37.0 Å². The first kappa shape index (κ1) is 29.9. The molecule has 1 heterocycles. The first-order chi connectivity index (χ1) is 17.2. The summed E-state index contributed by atoms with van der Waals surface area (Å²) in [5.74, 6) is 0.987. The van der Waals surface area contributed by atoms with Crippen molar-refractivity contribution in [3.63, 3.8) is 0 Å². The highest BCUT2D eigenvalue weighted by molar-refractivity contribution is 7.87. The maximum Gasteiger partial charge on any atom is 0.422 e. The third kappa shape index (κ3) is 9.60. The first-order valence-corrected chi connectivity index (χ1v) is 13.1. The second-order valence-electron chi connectivity index (χ2n) is 7.36. The molecular weight excluding hydrogens is 537 g/mol. The molecule has 2 aromatic rings. The fourth-order valence-corrected chi connectivity index (χ4v) is 4.53. The van der Waals surface area contributed by atoms with Gasteiger partial charge in [0, 0.05) is 46.2 Å². The number of hydrogen-bond acceptors (Lipinski definition) is 8. The Balaban J connectivity index is 2.16. The van der Waals surface area contributed by atoms with Crippen LogP contribution in [0.3, 0.4) is 0 Å². The number of amides is 1. The summed E-state index contributed by atoms with van der Waals surface area (Å²) in [6.07, 6.45) is 0.695. The largest absolute Gasteiger partial charge is 0.491 e. The number of hydrogen-bond donors (Lipinski definition) is 2. The molecule has 200 valence electrons. The smallest absolute Gasteiger partial charge is 0.422 e. The Hall–Kier alpha value is -2.35. The number of nitrogens with one attached hydrogen (secondary N) is 1. The van der Waals surface area contributed by atoms with E-state index in [4.69, 9.17) is 42.1 Å². The predicted octanol–water partition coefficient (Wildman–Crippen LogP) is 3.99. The number of pyridine rings is 1. The van der Waals surface area contributed by atoms with Crippen LogP contribution >= 0.6 is 23.2 Å². The maximum absolute atomic E-state index is 12.4. The quantitative estimate of drug-likeness (QED) is 0.289. The summed E-state index contributed by atoms with van der Waals surface area (Å²) in [6.45, 7) is 0.841. The summed E-state index contributed by atoms with van der Waals surface area (Å²) >= 11 is 12.1. The number of carboxylic acid groups (broad SMARTS) is 1. The minimum atomic E-state index is -4.22. The second kappa shape index (κ2) is 15.0. The fourth-order valence-electron chi connectivity index (χ4n) is 2.98. The SMILES string of the molecule is COCCCNS(=O)(=O)N(CCCc1ccc(OCCOC)cc1Oc1ncc(Cl)cc1Cl)C(=O)O. The summed E-state index contributed by atoms with van der Waals surface area (Å²) in [5.41, 5.74) is 0.665. The molecule has 36 heavy (non-hydrogen) atoms. The highest BCUT2D eigenvalue weighted by Crippen LogP contribution is 2.34. The molecule has 0 bridgehead atoms. The molecule has 1 aromatic heterocycles. The Kier molecular flexibility index (Phi) is 12.5. The molecule has 0 unspecified atom stereocenters. The Morgan fingerprint density at radius 3 is 2.53 bits per heavy atom. The van der Waals surface area contributed by atoms with E-state index in [0.29, 0.717) is 59.1 Å². The third-order valence-corrected chi connectivity index (χ3v) is 6.66. The topological polar surface area (TPSA) is 137 Å². The Morgan fingerprint density at radius 1 is 1.11 bits per heavy atom. The number of halogens is 2. The fraction of sp³-hybridized carbons (Fsp3) is 0.455. The van der Waals surface area contributed by atoms with Crippen LogP contribution in [0.15, 0.2) is 30.5 Å². The van der Waals surface area contributed by atoms with Gasteiger partial charge in [0.15, 0.2) is 0 Å². The van der Waals surface area contributed by atoms with E-state index in [2.05, 4.69) is 9.71 Å². The van der Waals surface area contributed by atoms with Gasteiger partial charge in [-0.15, -0.1) is 0 Å². The van der Waals surface area contributed by atoms with E-state index < -0.39 is 16.3 Å². The lowest BCUT2D eigenvalue weighted by Crippen LogP contribution is -2.44. The minimum absolute atomic E-state index is 0.0529. The van der Waals surface area contributed by atoms with E-state index in [1.54, 1.807) is 25.3 Å². The second-order valence-corrected chi connectivity index (χ2v) is 9.88. The van der Waals surface area contributed by atoms with Crippen molar-refractivity contribution >= 4 is 39.5 Å². The molecule has 0 saturated heterocycles. The first-order valence-electron chi connectivity index (χ1n) is 10.9. The molecule has 0 spiro atoms. The summed E-state index contributed by atoms with van der Waals surface area (Å²) < 4.78 is 48.9. The zero-order valence-corrected chi connectivity index (χ0v) is 22.2. The molecular formula is C22H29Cl2N3O8S. The third-order valence-electron chi connectivity index (χ3n) is 4.70. The lowest BCUT2D eigenvalue weighted by atomic mass is 10.1. The number of nitrogens with zero attached hydrogens (tertiary/aromatic N) is 2. The summed E-state index contributed by atoms with van der Waals surface area (Å²) in [7, 11) is -1.17. The van der Waals surface area contributed by atoms with Gasteiger partial charge < -0.3 is 24.1 Å². The standard InChI is InChI=1S/C22H29Cl2N3O8S/c1-32-10-4-8-26-36(30,31)27(22(28)29)9-3-5-16-6-7-18(34-12-11-33-2)14-20(16)35-21-19(24)13-17(23)15-25-21/h6-7,13-15,26H,3-5,8-12H2,1-2H3,(H,28,29). The number of rotatable bonds is 16. The number of aryl methyl sites for hydroxylation is 1. The van der Waals surface area contributed by atoms with Gasteiger partial charge in [-0.1, -0.05) is 29.3 Å². The summed E-state index contributed by atoms with van der Waals surface area (Å²) in [5, 5.41) is 9.99. The minimum Gasteiger partial charge on any atom is -0.491 e. The molecule has 0 aliphatic rings. The number of ether oxygens (including phenoxy) is 4. The van der Waals surface area contributed by atoms with Crippen LogP contribution in [0, 0.1) is 0 Å². The average molecular weight is 566 g/mol. The molecule has 0 saturated carbocycles. The molecule has 1 aromatic carbocycles. The predicted molar refractivity (Wildman–Crippen MR) is 135 cm³/mol. The van der Waals surface area contributed by atoms with E-state index in [-0.39, 0.29) is 30.4 Å². The van der Waals surface area contributed by atoms with E-state index in [1.807, 2.05) is 0 Å². The monoisotopic (exact) mass is 565 g/mol. The zero-order valence-electron chi connectivity index (χ0n) is 19.9. The Morgan fingerprint density at radius 2 is 1.86 bits per heavy atom. The normalized spacial score (nSPS) is 11.3. The van der Waals surface area contributed by atoms with Gasteiger partial charge in [0.1, 0.15) is 23.1 Å². The maximum atomic E-state index is 12.4. The number of aromatic nitrogens is 1. The van der Waals surface area contributed by atoms with E-state index in [0.717, 1.165) is 0 Å². The molecule has 11 nitrogen and oxygen atoms in total. The van der Waals surface area contributed by atoms with E-state index in [9.17, 15) is 18.3 Å². The van der Waals surface area contributed by atoms with Gasteiger partial charge in [-0.25, -0.2) is 9.78 Å². The lowest BCUT2D eigenvalue weighted by molar-refractivity contribution is 0.146. The number of benzene rings is 1. The molecule has 14 heteroatoms. The van der Waals surface area contributed by atoms with Crippen LogP contribution < -0.4 is 14.2 Å². The van der Waals surface area contributed by atoms with Crippen molar-refractivity contribution in [1.82, 2.24) is 14.0 Å². The summed E-state index contributed by atoms with van der Waals surface area (Å²) in [6, 6.07) is 6.58. The van der Waals surface area contributed by atoms with Gasteiger partial charge >= 0.3 is 16.3 Å².